The van der Waals surface area contributed by atoms with Crippen LogP contribution in [0, 0.1) is 5.82 Å². The minimum Gasteiger partial charge on any atom is -0.325 e. The first-order valence-corrected chi connectivity index (χ1v) is 12.9. The molecule has 0 bridgehead atoms. The second kappa shape index (κ2) is 13.2. The average Bonchev–Trinajstić information content (AvgIpc) is 2.95. The van der Waals surface area contributed by atoms with Gasteiger partial charge in [-0.05, 0) is 73.2 Å². The highest BCUT2D eigenvalue weighted by molar-refractivity contribution is 8.00. The van der Waals surface area contributed by atoms with E-state index in [1.54, 1.807) is 80.0 Å². The molecule has 39 heavy (non-hydrogen) atoms. The monoisotopic (exact) mass is 540 g/mol. The van der Waals surface area contributed by atoms with E-state index in [4.69, 9.17) is 0 Å². The number of halogens is 1. The van der Waals surface area contributed by atoms with Crippen molar-refractivity contribution in [2.75, 3.05) is 10.6 Å². The minimum absolute atomic E-state index is 0.0152. The number of pyridine rings is 1. The van der Waals surface area contributed by atoms with E-state index < -0.39 is 22.9 Å². The Labute approximate surface area is 229 Å². The summed E-state index contributed by atoms with van der Waals surface area (Å²) in [5.41, 5.74) is 2.03. The van der Waals surface area contributed by atoms with E-state index >= 15 is 0 Å². The number of amides is 3. The third kappa shape index (κ3) is 8.11. The molecule has 9 heteroatoms. The molecule has 0 saturated heterocycles. The summed E-state index contributed by atoms with van der Waals surface area (Å²) in [6.45, 7) is 1.79. The SMILES string of the molecule is CC(Sc1cccc(NC(=O)/C(=C/c2ccc(F)cc2)NC(=O)c2ccccc2)c1)C(=O)Nc1ccncc1. The molecular weight excluding hydrogens is 515 g/mol. The maximum absolute atomic E-state index is 13.4. The van der Waals surface area contributed by atoms with Crippen LogP contribution in [0.25, 0.3) is 6.08 Å². The third-order valence-corrected chi connectivity index (χ3v) is 6.53. The van der Waals surface area contributed by atoms with Crippen molar-refractivity contribution in [3.05, 3.63) is 126 Å². The van der Waals surface area contributed by atoms with Gasteiger partial charge < -0.3 is 16.0 Å². The fourth-order valence-electron chi connectivity index (χ4n) is 3.45. The molecule has 0 saturated carbocycles. The Morgan fingerprint density at radius 3 is 2.28 bits per heavy atom. The summed E-state index contributed by atoms with van der Waals surface area (Å²) >= 11 is 1.33. The highest BCUT2D eigenvalue weighted by Crippen LogP contribution is 2.27. The molecule has 0 spiro atoms. The summed E-state index contributed by atoms with van der Waals surface area (Å²) in [5, 5.41) is 7.88. The molecule has 4 rings (SSSR count). The Hall–Kier alpha value is -4.76. The Balaban J connectivity index is 1.48. The first-order chi connectivity index (χ1) is 18.9. The van der Waals surface area contributed by atoms with E-state index in [2.05, 4.69) is 20.9 Å². The lowest BCUT2D eigenvalue weighted by molar-refractivity contribution is -0.115. The molecule has 0 radical (unpaired) electrons. The van der Waals surface area contributed by atoms with E-state index in [1.807, 2.05) is 6.07 Å². The zero-order valence-electron chi connectivity index (χ0n) is 20.9. The Bertz CT molecular complexity index is 1480. The molecule has 7 nitrogen and oxygen atoms in total. The molecular formula is C30H25FN4O3S. The largest absolute Gasteiger partial charge is 0.325 e. The summed E-state index contributed by atoms with van der Waals surface area (Å²) in [6, 6.07) is 24.5. The highest BCUT2D eigenvalue weighted by Gasteiger charge is 2.17. The van der Waals surface area contributed by atoms with Gasteiger partial charge in [0.1, 0.15) is 11.5 Å². The number of aromatic nitrogens is 1. The van der Waals surface area contributed by atoms with Crippen molar-refractivity contribution in [2.45, 2.75) is 17.1 Å². The molecule has 3 amide bonds. The lowest BCUT2D eigenvalue weighted by Gasteiger charge is -2.14. The minimum atomic E-state index is -0.561. The van der Waals surface area contributed by atoms with E-state index in [0.29, 0.717) is 22.5 Å². The van der Waals surface area contributed by atoms with Gasteiger partial charge in [-0.15, -0.1) is 11.8 Å². The number of carbonyl (C=O) groups is 3. The van der Waals surface area contributed by atoms with Crippen LogP contribution in [0.5, 0.6) is 0 Å². The molecule has 1 unspecified atom stereocenters. The number of anilines is 2. The second-order valence-corrected chi connectivity index (χ2v) is 9.81. The van der Waals surface area contributed by atoms with Gasteiger partial charge >= 0.3 is 0 Å². The summed E-state index contributed by atoms with van der Waals surface area (Å²) in [7, 11) is 0. The maximum atomic E-state index is 13.4. The normalized spacial score (nSPS) is 11.8. The lowest BCUT2D eigenvalue weighted by atomic mass is 10.1. The maximum Gasteiger partial charge on any atom is 0.272 e. The quantitative estimate of drug-likeness (QED) is 0.185. The summed E-state index contributed by atoms with van der Waals surface area (Å²) in [6.07, 6.45) is 4.67. The summed E-state index contributed by atoms with van der Waals surface area (Å²) in [4.78, 5) is 43.3. The van der Waals surface area contributed by atoms with Crippen molar-refractivity contribution in [3.63, 3.8) is 0 Å². The van der Waals surface area contributed by atoms with E-state index in [0.717, 1.165) is 4.90 Å². The van der Waals surface area contributed by atoms with Gasteiger partial charge in [-0.25, -0.2) is 4.39 Å². The molecule has 0 aliphatic carbocycles. The van der Waals surface area contributed by atoms with Crippen LogP contribution in [0.2, 0.25) is 0 Å². The molecule has 1 aromatic heterocycles. The molecule has 1 atom stereocenters. The lowest BCUT2D eigenvalue weighted by Crippen LogP contribution is -2.30. The van der Waals surface area contributed by atoms with Crippen molar-refractivity contribution in [2.24, 2.45) is 0 Å². The molecule has 3 aromatic carbocycles. The molecule has 0 fully saturated rings. The fraction of sp³-hybridized carbons (Fsp3) is 0.0667. The van der Waals surface area contributed by atoms with Crippen LogP contribution in [0.15, 0.2) is 114 Å². The number of hydrogen-bond donors (Lipinski definition) is 3. The topological polar surface area (TPSA) is 100 Å². The predicted molar refractivity (Wildman–Crippen MR) is 152 cm³/mol. The third-order valence-electron chi connectivity index (χ3n) is 5.43. The van der Waals surface area contributed by atoms with Crippen LogP contribution < -0.4 is 16.0 Å². The standard InChI is InChI=1S/C30H25FN4O3S/c1-20(28(36)33-24-14-16-32-17-15-24)39-26-9-5-8-25(19-26)34-30(38)27(18-21-10-12-23(31)13-11-21)35-29(37)22-6-3-2-4-7-22/h2-20H,1H3,(H,34,38)(H,35,37)(H,32,33,36)/b27-18-. The van der Waals surface area contributed by atoms with Crippen molar-refractivity contribution >= 4 is 46.9 Å². The van der Waals surface area contributed by atoms with Crippen LogP contribution in [-0.4, -0.2) is 28.0 Å². The summed E-state index contributed by atoms with van der Waals surface area (Å²) < 4.78 is 13.4. The van der Waals surface area contributed by atoms with Crippen molar-refractivity contribution < 1.29 is 18.8 Å². The van der Waals surface area contributed by atoms with Gasteiger partial charge in [0.15, 0.2) is 0 Å². The van der Waals surface area contributed by atoms with Gasteiger partial charge in [-0.2, -0.15) is 0 Å². The van der Waals surface area contributed by atoms with Crippen LogP contribution >= 0.6 is 11.8 Å². The zero-order chi connectivity index (χ0) is 27.6. The van der Waals surface area contributed by atoms with Gasteiger partial charge in [0.05, 0.1) is 5.25 Å². The predicted octanol–water partition coefficient (Wildman–Crippen LogP) is 5.75. The molecule has 0 aliphatic heterocycles. The van der Waals surface area contributed by atoms with Gasteiger partial charge in [-0.3, -0.25) is 19.4 Å². The number of hydrogen-bond acceptors (Lipinski definition) is 5. The number of nitrogens with one attached hydrogen (secondary N) is 3. The Kier molecular flexibility index (Phi) is 9.20. The summed E-state index contributed by atoms with van der Waals surface area (Å²) in [5.74, 6) is -1.61. The van der Waals surface area contributed by atoms with Gasteiger partial charge in [0.25, 0.3) is 11.8 Å². The second-order valence-electron chi connectivity index (χ2n) is 8.40. The van der Waals surface area contributed by atoms with Crippen LogP contribution in [0.4, 0.5) is 15.8 Å². The van der Waals surface area contributed by atoms with Gasteiger partial charge in [0.2, 0.25) is 5.91 Å². The Morgan fingerprint density at radius 1 is 0.846 bits per heavy atom. The zero-order valence-corrected chi connectivity index (χ0v) is 21.7. The molecule has 1 heterocycles. The molecule has 0 aliphatic rings. The first-order valence-electron chi connectivity index (χ1n) is 12.0. The number of thioether (sulfide) groups is 1. The van der Waals surface area contributed by atoms with Crippen LogP contribution in [0.3, 0.4) is 0 Å². The highest BCUT2D eigenvalue weighted by atomic mass is 32.2. The van der Waals surface area contributed by atoms with Crippen molar-refractivity contribution in [1.29, 1.82) is 0 Å². The van der Waals surface area contributed by atoms with Gasteiger partial charge in [0, 0.05) is 34.2 Å². The number of rotatable bonds is 9. The van der Waals surface area contributed by atoms with E-state index in [-0.39, 0.29) is 11.6 Å². The Morgan fingerprint density at radius 2 is 1.56 bits per heavy atom. The number of carbonyl (C=O) groups excluding carboxylic acids is 3. The van der Waals surface area contributed by atoms with E-state index in [9.17, 15) is 18.8 Å². The van der Waals surface area contributed by atoms with Gasteiger partial charge in [-0.1, -0.05) is 36.4 Å². The molecule has 4 aromatic rings. The van der Waals surface area contributed by atoms with Crippen LogP contribution in [-0.2, 0) is 9.59 Å². The molecule has 3 N–H and O–H groups in total. The van der Waals surface area contributed by atoms with Crippen molar-refractivity contribution in [1.82, 2.24) is 10.3 Å². The fourth-order valence-corrected chi connectivity index (χ4v) is 4.38. The van der Waals surface area contributed by atoms with Crippen LogP contribution in [0.1, 0.15) is 22.8 Å². The average molecular weight is 541 g/mol. The smallest absolute Gasteiger partial charge is 0.272 e. The first kappa shape index (κ1) is 27.3. The molecule has 196 valence electrons. The number of benzene rings is 3. The van der Waals surface area contributed by atoms with Crippen molar-refractivity contribution in [3.8, 4) is 0 Å². The number of nitrogens with zero attached hydrogens (tertiary/aromatic N) is 1. The van der Waals surface area contributed by atoms with E-state index in [1.165, 1.54) is 42.1 Å².